The van der Waals surface area contributed by atoms with Gasteiger partial charge in [0.25, 0.3) is 5.91 Å². The highest BCUT2D eigenvalue weighted by Gasteiger charge is 2.29. The van der Waals surface area contributed by atoms with Gasteiger partial charge in [-0.3, -0.25) is 4.79 Å². The van der Waals surface area contributed by atoms with Gasteiger partial charge < -0.3 is 5.32 Å². The molecule has 1 amide bonds. The van der Waals surface area contributed by atoms with Crippen LogP contribution in [0.5, 0.6) is 0 Å². The summed E-state index contributed by atoms with van der Waals surface area (Å²) in [6.07, 6.45) is 4.53. The number of para-hydroxylation sites is 1. The molecule has 4 rings (SSSR count). The molecule has 0 bridgehead atoms. The van der Waals surface area contributed by atoms with Crippen LogP contribution in [0.15, 0.2) is 64.5 Å². The van der Waals surface area contributed by atoms with Crippen LogP contribution in [-0.2, 0) is 6.42 Å². The maximum absolute atomic E-state index is 13.3. The Morgan fingerprint density at radius 1 is 1.10 bits per heavy atom. The number of aryl methyl sites for hydroxylation is 1. The molecule has 2 aromatic carbocycles. The Bertz CT molecular complexity index is 1030. The number of aromatic nitrogens is 1. The van der Waals surface area contributed by atoms with Crippen LogP contribution in [0.2, 0.25) is 0 Å². The van der Waals surface area contributed by atoms with Crippen LogP contribution in [0.1, 0.15) is 56.0 Å². The molecule has 1 N–H and O–H groups in total. The quantitative estimate of drug-likeness (QED) is 0.514. The van der Waals surface area contributed by atoms with Gasteiger partial charge >= 0.3 is 0 Å². The van der Waals surface area contributed by atoms with E-state index in [4.69, 9.17) is 4.98 Å². The predicted octanol–water partition coefficient (Wildman–Crippen LogP) is 6.50. The number of hydrogen-bond acceptors (Lipinski definition) is 3. The summed E-state index contributed by atoms with van der Waals surface area (Å²) in [6, 6.07) is 18.7. The van der Waals surface area contributed by atoms with Crippen molar-refractivity contribution < 1.29 is 4.79 Å². The van der Waals surface area contributed by atoms with E-state index >= 15 is 0 Å². The molecule has 1 saturated carbocycles. The van der Waals surface area contributed by atoms with Crippen molar-refractivity contribution in [3.05, 3.63) is 65.7 Å². The third-order valence-corrected chi connectivity index (χ3v) is 7.44. The minimum atomic E-state index is 0.0164. The Morgan fingerprint density at radius 2 is 1.87 bits per heavy atom. The van der Waals surface area contributed by atoms with Crippen molar-refractivity contribution in [1.29, 1.82) is 0 Å². The minimum Gasteiger partial charge on any atom is -0.349 e. The van der Waals surface area contributed by atoms with Crippen LogP contribution < -0.4 is 5.32 Å². The average Bonchev–Trinajstić information content (AvgIpc) is 2.77. The highest BCUT2D eigenvalue weighted by molar-refractivity contribution is 7.99. The van der Waals surface area contributed by atoms with Gasteiger partial charge in [-0.2, -0.15) is 0 Å². The van der Waals surface area contributed by atoms with Crippen molar-refractivity contribution in [3.63, 3.8) is 0 Å². The number of pyridine rings is 1. The lowest BCUT2D eigenvalue weighted by molar-refractivity contribution is 0.0892. The lowest BCUT2D eigenvalue weighted by Gasteiger charge is -2.34. The third kappa shape index (κ3) is 4.54. The topological polar surface area (TPSA) is 42.0 Å². The fourth-order valence-corrected chi connectivity index (χ4v) is 5.17. The molecule has 0 saturated heterocycles. The monoisotopic (exact) mass is 418 g/mol. The first kappa shape index (κ1) is 20.9. The van der Waals surface area contributed by atoms with E-state index in [9.17, 15) is 4.79 Å². The summed E-state index contributed by atoms with van der Waals surface area (Å²) in [5.74, 6) is 1.17. The number of benzene rings is 2. The smallest absolute Gasteiger partial charge is 0.252 e. The number of carbonyl (C=O) groups excluding carboxylic acids is 1. The second kappa shape index (κ2) is 9.22. The summed E-state index contributed by atoms with van der Waals surface area (Å²) in [5.41, 5.74) is 2.91. The SMILES string of the molecule is CCc1ccc(Sc2cc(C(=O)NC3CCCC(C)C3C)c3ccccc3n2)cc1. The van der Waals surface area contributed by atoms with Gasteiger partial charge in [0.15, 0.2) is 0 Å². The van der Waals surface area contributed by atoms with E-state index in [1.807, 2.05) is 30.3 Å². The molecule has 3 unspecified atom stereocenters. The Labute approximate surface area is 183 Å². The molecular formula is C26H30N2OS. The Morgan fingerprint density at radius 3 is 2.63 bits per heavy atom. The zero-order valence-corrected chi connectivity index (χ0v) is 18.8. The number of amides is 1. The van der Waals surface area contributed by atoms with E-state index < -0.39 is 0 Å². The molecule has 4 heteroatoms. The molecule has 1 aliphatic carbocycles. The average molecular weight is 419 g/mol. The van der Waals surface area contributed by atoms with Gasteiger partial charge in [0.05, 0.1) is 11.1 Å². The van der Waals surface area contributed by atoms with E-state index in [0.29, 0.717) is 11.8 Å². The van der Waals surface area contributed by atoms with E-state index in [0.717, 1.165) is 39.2 Å². The van der Waals surface area contributed by atoms with Gasteiger partial charge in [-0.1, -0.05) is 75.7 Å². The Hall–Kier alpha value is -2.33. The van der Waals surface area contributed by atoms with Crippen LogP contribution in [0.4, 0.5) is 0 Å². The molecule has 3 atom stereocenters. The minimum absolute atomic E-state index is 0.0164. The van der Waals surface area contributed by atoms with Gasteiger partial charge in [0.2, 0.25) is 0 Å². The van der Waals surface area contributed by atoms with Gasteiger partial charge in [-0.15, -0.1) is 0 Å². The van der Waals surface area contributed by atoms with Crippen LogP contribution in [0.25, 0.3) is 10.9 Å². The van der Waals surface area contributed by atoms with Crippen molar-refractivity contribution in [2.75, 3.05) is 0 Å². The third-order valence-electron chi connectivity index (χ3n) is 6.51. The molecule has 1 aliphatic rings. The number of carbonyl (C=O) groups is 1. The van der Waals surface area contributed by atoms with Crippen LogP contribution >= 0.6 is 11.8 Å². The molecule has 156 valence electrons. The number of nitrogens with one attached hydrogen (secondary N) is 1. The zero-order valence-electron chi connectivity index (χ0n) is 18.0. The van der Waals surface area contributed by atoms with Gasteiger partial charge in [0.1, 0.15) is 5.03 Å². The maximum atomic E-state index is 13.3. The number of fused-ring (bicyclic) bond motifs is 1. The van der Waals surface area contributed by atoms with E-state index in [-0.39, 0.29) is 11.9 Å². The van der Waals surface area contributed by atoms with E-state index in [1.54, 1.807) is 11.8 Å². The van der Waals surface area contributed by atoms with Gasteiger partial charge in [0, 0.05) is 16.3 Å². The fraction of sp³-hybridized carbons (Fsp3) is 0.385. The van der Waals surface area contributed by atoms with Crippen molar-refractivity contribution in [2.24, 2.45) is 11.8 Å². The lowest BCUT2D eigenvalue weighted by atomic mass is 9.78. The van der Waals surface area contributed by atoms with Crippen molar-refractivity contribution in [2.45, 2.75) is 62.4 Å². The highest BCUT2D eigenvalue weighted by Crippen LogP contribution is 2.32. The molecular weight excluding hydrogens is 388 g/mol. The van der Waals surface area contributed by atoms with Crippen LogP contribution in [0.3, 0.4) is 0 Å². The zero-order chi connectivity index (χ0) is 21.1. The lowest BCUT2D eigenvalue weighted by Crippen LogP contribution is -2.43. The van der Waals surface area contributed by atoms with Crippen LogP contribution in [-0.4, -0.2) is 16.9 Å². The molecule has 0 radical (unpaired) electrons. The molecule has 30 heavy (non-hydrogen) atoms. The first-order valence-corrected chi connectivity index (χ1v) is 11.8. The van der Waals surface area contributed by atoms with Gasteiger partial charge in [-0.25, -0.2) is 4.98 Å². The molecule has 0 spiro atoms. The Kier molecular flexibility index (Phi) is 6.43. The summed E-state index contributed by atoms with van der Waals surface area (Å²) in [4.78, 5) is 19.3. The molecule has 1 heterocycles. The second-order valence-electron chi connectivity index (χ2n) is 8.47. The summed E-state index contributed by atoms with van der Waals surface area (Å²) in [5, 5.41) is 5.11. The van der Waals surface area contributed by atoms with Crippen molar-refractivity contribution in [3.8, 4) is 0 Å². The molecule has 3 nitrogen and oxygen atoms in total. The van der Waals surface area contributed by atoms with Crippen molar-refractivity contribution >= 4 is 28.6 Å². The maximum Gasteiger partial charge on any atom is 0.252 e. The standard InChI is InChI=1S/C26H30N2OS/c1-4-19-12-14-20(15-13-19)30-25-16-22(21-9-5-6-10-24(21)27-25)26(29)28-23-11-7-8-17(2)18(23)3/h5-6,9-10,12-18,23H,4,7-8,11H2,1-3H3,(H,28,29). The van der Waals surface area contributed by atoms with E-state index in [2.05, 4.69) is 50.4 Å². The fourth-order valence-electron chi connectivity index (χ4n) is 4.34. The van der Waals surface area contributed by atoms with Gasteiger partial charge in [-0.05, 0) is 54.5 Å². The van der Waals surface area contributed by atoms with Crippen molar-refractivity contribution in [1.82, 2.24) is 10.3 Å². The summed E-state index contributed by atoms with van der Waals surface area (Å²) >= 11 is 1.61. The first-order chi connectivity index (χ1) is 14.5. The largest absolute Gasteiger partial charge is 0.349 e. The summed E-state index contributed by atoms with van der Waals surface area (Å²) in [6.45, 7) is 6.72. The molecule has 1 fully saturated rings. The predicted molar refractivity (Wildman–Crippen MR) is 125 cm³/mol. The molecule has 1 aromatic heterocycles. The number of nitrogens with zero attached hydrogens (tertiary/aromatic N) is 1. The highest BCUT2D eigenvalue weighted by atomic mass is 32.2. The number of rotatable bonds is 5. The molecule has 3 aromatic rings. The number of hydrogen-bond donors (Lipinski definition) is 1. The normalized spacial score (nSPS) is 21.5. The Balaban J connectivity index is 1.63. The molecule has 0 aliphatic heterocycles. The second-order valence-corrected chi connectivity index (χ2v) is 9.57. The van der Waals surface area contributed by atoms with E-state index in [1.165, 1.54) is 18.4 Å². The first-order valence-electron chi connectivity index (χ1n) is 11.0. The van der Waals surface area contributed by atoms with Crippen LogP contribution in [0, 0.1) is 11.8 Å². The summed E-state index contributed by atoms with van der Waals surface area (Å²) in [7, 11) is 0. The summed E-state index contributed by atoms with van der Waals surface area (Å²) < 4.78 is 0.